The number of benzene rings is 1. The molecule has 0 aliphatic heterocycles. The number of aryl methyl sites for hydroxylation is 2. The Labute approximate surface area is 136 Å². The van der Waals surface area contributed by atoms with E-state index in [1.54, 1.807) is 13.8 Å². The minimum absolute atomic E-state index is 0.223. The molecule has 1 amide bonds. The topological polar surface area (TPSA) is 107 Å². The fraction of sp³-hybridized carbons (Fsp3) is 0.412. The number of anilines is 1. The maximum atomic E-state index is 11.5. The van der Waals surface area contributed by atoms with Crippen LogP contribution in [0, 0.1) is 6.92 Å². The molecule has 0 bridgehead atoms. The number of hydrogen-bond acceptors (Lipinski definition) is 4. The lowest BCUT2D eigenvalue weighted by Crippen LogP contribution is -2.24. The van der Waals surface area contributed by atoms with E-state index in [0.717, 1.165) is 12.8 Å². The van der Waals surface area contributed by atoms with Crippen molar-refractivity contribution < 1.29 is 9.90 Å². The van der Waals surface area contributed by atoms with Crippen LogP contribution in [0.1, 0.15) is 47.4 Å². The van der Waals surface area contributed by atoms with Crippen LogP contribution in [0.2, 0.25) is 0 Å². The molecule has 124 valence electrons. The van der Waals surface area contributed by atoms with Crippen LogP contribution in [0.3, 0.4) is 0 Å². The zero-order valence-electron chi connectivity index (χ0n) is 13.6. The molecule has 0 spiro atoms. The number of nitrogens with two attached hydrogens (primary N) is 2. The van der Waals surface area contributed by atoms with Gasteiger partial charge in [0.25, 0.3) is 5.91 Å². The summed E-state index contributed by atoms with van der Waals surface area (Å²) >= 11 is 0. The molecule has 1 heterocycles. The number of carbonyl (C=O) groups is 1. The lowest BCUT2D eigenvalue weighted by Gasteiger charge is -2.22. The first-order chi connectivity index (χ1) is 10.9. The summed E-state index contributed by atoms with van der Waals surface area (Å²) < 4.78 is 1.53. The van der Waals surface area contributed by atoms with Gasteiger partial charge in [-0.15, -0.1) is 0 Å². The van der Waals surface area contributed by atoms with Crippen molar-refractivity contribution in [2.45, 2.75) is 45.3 Å². The van der Waals surface area contributed by atoms with Crippen molar-refractivity contribution in [2.75, 3.05) is 5.73 Å². The molecule has 1 aromatic heterocycles. The van der Waals surface area contributed by atoms with E-state index in [9.17, 15) is 9.90 Å². The molecular formula is C17H24N4O2. The van der Waals surface area contributed by atoms with Gasteiger partial charge < -0.3 is 16.6 Å². The van der Waals surface area contributed by atoms with Crippen LogP contribution >= 0.6 is 0 Å². The molecule has 0 aliphatic rings. The molecule has 0 saturated carbocycles. The van der Waals surface area contributed by atoms with Crippen LogP contribution in [-0.4, -0.2) is 26.9 Å². The Bertz CT molecular complexity index is 665. The largest absolute Gasteiger partial charge is 0.391 e. The summed E-state index contributed by atoms with van der Waals surface area (Å²) in [4.78, 5) is 11.5. The molecule has 2 atom stereocenters. The average molecular weight is 316 g/mol. The van der Waals surface area contributed by atoms with Crippen LogP contribution in [0.15, 0.2) is 30.3 Å². The minimum atomic E-state index is -0.631. The lowest BCUT2D eigenvalue weighted by atomic mass is 10.0. The first-order valence-corrected chi connectivity index (χ1v) is 7.78. The van der Waals surface area contributed by atoms with Gasteiger partial charge in [-0.2, -0.15) is 5.10 Å². The molecule has 5 N–H and O–H groups in total. The van der Waals surface area contributed by atoms with Crippen molar-refractivity contribution in [3.63, 3.8) is 0 Å². The zero-order valence-corrected chi connectivity index (χ0v) is 13.6. The molecule has 0 saturated heterocycles. The fourth-order valence-electron chi connectivity index (χ4n) is 2.85. The SMILES string of the molecule is Cc1nn(C(CCCc2ccccc2)C(C)O)c(N)c1C(N)=O. The van der Waals surface area contributed by atoms with Gasteiger partial charge in [0.1, 0.15) is 11.4 Å². The summed E-state index contributed by atoms with van der Waals surface area (Å²) in [5.74, 6) is -0.375. The van der Waals surface area contributed by atoms with Crippen LogP contribution in [-0.2, 0) is 6.42 Å². The van der Waals surface area contributed by atoms with Crippen molar-refractivity contribution >= 4 is 11.7 Å². The van der Waals surface area contributed by atoms with Gasteiger partial charge >= 0.3 is 0 Å². The Hall–Kier alpha value is -2.34. The number of nitrogen functional groups attached to an aromatic ring is 1. The molecule has 0 aliphatic carbocycles. The monoisotopic (exact) mass is 316 g/mol. The van der Waals surface area contributed by atoms with Gasteiger partial charge in [-0.3, -0.25) is 4.79 Å². The third-order valence-electron chi connectivity index (χ3n) is 4.05. The minimum Gasteiger partial charge on any atom is -0.391 e. The summed E-state index contributed by atoms with van der Waals surface area (Å²) in [6.45, 7) is 3.39. The molecule has 23 heavy (non-hydrogen) atoms. The summed E-state index contributed by atoms with van der Waals surface area (Å²) in [5, 5.41) is 14.4. The molecule has 6 heteroatoms. The van der Waals surface area contributed by atoms with Crippen LogP contribution in [0.4, 0.5) is 5.82 Å². The van der Waals surface area contributed by atoms with Gasteiger partial charge in [-0.25, -0.2) is 4.68 Å². The second kappa shape index (κ2) is 7.28. The van der Waals surface area contributed by atoms with Crippen molar-refractivity contribution in [1.29, 1.82) is 0 Å². The number of amides is 1. The molecule has 2 unspecified atom stereocenters. The number of primary amides is 1. The quantitative estimate of drug-likeness (QED) is 0.724. The van der Waals surface area contributed by atoms with E-state index in [-0.39, 0.29) is 17.4 Å². The van der Waals surface area contributed by atoms with Crippen molar-refractivity contribution in [1.82, 2.24) is 9.78 Å². The van der Waals surface area contributed by atoms with Gasteiger partial charge in [0.05, 0.1) is 17.8 Å². The second-order valence-electron chi connectivity index (χ2n) is 5.84. The van der Waals surface area contributed by atoms with E-state index in [0.29, 0.717) is 12.1 Å². The number of nitrogens with zero attached hydrogens (tertiary/aromatic N) is 2. The van der Waals surface area contributed by atoms with Crippen LogP contribution in [0.25, 0.3) is 0 Å². The predicted molar refractivity (Wildman–Crippen MR) is 90.0 cm³/mol. The van der Waals surface area contributed by atoms with E-state index < -0.39 is 12.0 Å². The number of hydrogen-bond donors (Lipinski definition) is 3. The first-order valence-electron chi connectivity index (χ1n) is 7.78. The highest BCUT2D eigenvalue weighted by Crippen LogP contribution is 2.26. The predicted octanol–water partition coefficient (Wildman–Crippen LogP) is 1.82. The highest BCUT2D eigenvalue weighted by Gasteiger charge is 2.25. The van der Waals surface area contributed by atoms with Gasteiger partial charge in [0.2, 0.25) is 0 Å². The van der Waals surface area contributed by atoms with Gasteiger partial charge in [-0.1, -0.05) is 30.3 Å². The van der Waals surface area contributed by atoms with Crippen LogP contribution < -0.4 is 11.5 Å². The molecule has 2 aromatic rings. The molecular weight excluding hydrogens is 292 g/mol. The molecule has 0 fully saturated rings. The van der Waals surface area contributed by atoms with E-state index in [4.69, 9.17) is 11.5 Å². The standard InChI is InChI=1S/C17H24N4O2/c1-11-15(17(19)23)16(18)21(20-11)14(12(2)22)10-6-9-13-7-4-3-5-8-13/h3-5,7-8,12,14,22H,6,9-10,18H2,1-2H3,(H2,19,23). The molecule has 6 nitrogen and oxygen atoms in total. The van der Waals surface area contributed by atoms with Crippen molar-refractivity contribution in [3.8, 4) is 0 Å². The Morgan fingerprint density at radius 1 is 1.35 bits per heavy atom. The van der Waals surface area contributed by atoms with Crippen molar-refractivity contribution in [3.05, 3.63) is 47.2 Å². The summed E-state index contributed by atoms with van der Waals surface area (Å²) in [7, 11) is 0. The first kappa shape index (κ1) is 17.0. The van der Waals surface area contributed by atoms with E-state index >= 15 is 0 Å². The van der Waals surface area contributed by atoms with E-state index in [1.807, 2.05) is 18.2 Å². The maximum absolute atomic E-state index is 11.5. The normalized spacial score (nSPS) is 13.7. The number of carbonyl (C=O) groups excluding carboxylic acids is 1. The number of aliphatic hydroxyl groups is 1. The number of rotatable bonds is 7. The Balaban J connectivity index is 2.13. The molecule has 2 rings (SSSR count). The Kier molecular flexibility index (Phi) is 5.39. The Morgan fingerprint density at radius 3 is 2.52 bits per heavy atom. The summed E-state index contributed by atoms with van der Waals surface area (Å²) in [6.07, 6.45) is 1.86. The fourth-order valence-corrected chi connectivity index (χ4v) is 2.85. The van der Waals surface area contributed by atoms with Crippen LogP contribution in [0.5, 0.6) is 0 Å². The molecule has 1 aromatic carbocycles. The second-order valence-corrected chi connectivity index (χ2v) is 5.84. The smallest absolute Gasteiger partial charge is 0.254 e. The average Bonchev–Trinajstić information content (AvgIpc) is 2.79. The van der Waals surface area contributed by atoms with Crippen molar-refractivity contribution in [2.24, 2.45) is 5.73 Å². The third kappa shape index (κ3) is 3.90. The van der Waals surface area contributed by atoms with E-state index in [1.165, 1.54) is 10.2 Å². The summed E-state index contributed by atoms with van der Waals surface area (Å²) in [6, 6.07) is 9.88. The highest BCUT2D eigenvalue weighted by atomic mass is 16.3. The number of aliphatic hydroxyl groups excluding tert-OH is 1. The number of aromatic nitrogens is 2. The van der Waals surface area contributed by atoms with Gasteiger partial charge in [0, 0.05) is 0 Å². The zero-order chi connectivity index (χ0) is 17.0. The Morgan fingerprint density at radius 2 is 2.00 bits per heavy atom. The molecule has 0 radical (unpaired) electrons. The lowest BCUT2D eigenvalue weighted by molar-refractivity contribution is 0.0999. The third-order valence-corrected chi connectivity index (χ3v) is 4.05. The maximum Gasteiger partial charge on any atom is 0.254 e. The van der Waals surface area contributed by atoms with Gasteiger partial charge in [-0.05, 0) is 38.7 Å². The summed E-state index contributed by atoms with van der Waals surface area (Å²) in [5.41, 5.74) is 13.3. The van der Waals surface area contributed by atoms with Gasteiger partial charge in [0.15, 0.2) is 0 Å². The highest BCUT2D eigenvalue weighted by molar-refractivity contribution is 5.98. The van der Waals surface area contributed by atoms with E-state index in [2.05, 4.69) is 17.2 Å².